The number of rotatable bonds is 2. The van der Waals surface area contributed by atoms with Gasteiger partial charge in [-0.25, -0.2) is 0 Å². The number of hydrogen-bond acceptors (Lipinski definition) is 1. The van der Waals surface area contributed by atoms with Gasteiger partial charge in [0, 0.05) is 0 Å². The summed E-state index contributed by atoms with van der Waals surface area (Å²) in [7, 11) is -1.47. The molecule has 0 fully saturated rings. The van der Waals surface area contributed by atoms with Gasteiger partial charge in [-0.2, -0.15) is 0 Å². The van der Waals surface area contributed by atoms with E-state index in [4.69, 9.17) is 4.43 Å². The molecule has 0 aromatic heterocycles. The molecule has 0 aliphatic heterocycles. The van der Waals surface area contributed by atoms with E-state index in [9.17, 15) is 0 Å². The standard InChI is InChI=1S/C8H15OSi.3CH3.Sn/c1-7-8(2,3)9-10(4,5)6;;;;/h2-6H3;3*1H3;. The molecule has 0 atom stereocenters. The van der Waals surface area contributed by atoms with Crippen molar-refractivity contribution in [1.29, 1.82) is 0 Å². The van der Waals surface area contributed by atoms with Crippen LogP contribution in [0.4, 0.5) is 0 Å². The second-order valence-corrected chi connectivity index (χ2v) is 24.2. The molecule has 0 radical (unpaired) electrons. The topological polar surface area (TPSA) is 9.23 Å². The van der Waals surface area contributed by atoms with Gasteiger partial charge in [-0.3, -0.25) is 0 Å². The van der Waals surface area contributed by atoms with Crippen LogP contribution in [0.25, 0.3) is 0 Å². The molecule has 0 rings (SSSR count). The molecule has 0 aliphatic rings. The first kappa shape index (κ1) is 14.5. The zero-order chi connectivity index (χ0) is 11.6. The van der Waals surface area contributed by atoms with E-state index >= 15 is 0 Å². The Morgan fingerprint density at radius 1 is 1.07 bits per heavy atom. The van der Waals surface area contributed by atoms with Gasteiger partial charge in [-0.15, -0.1) is 0 Å². The first-order valence-electron chi connectivity index (χ1n) is 5.16. The van der Waals surface area contributed by atoms with Crippen LogP contribution in [-0.2, 0) is 4.43 Å². The third-order valence-electron chi connectivity index (χ3n) is 1.30. The van der Waals surface area contributed by atoms with Gasteiger partial charge in [0.25, 0.3) is 0 Å². The first-order valence-corrected chi connectivity index (χ1v) is 18.6. The molecule has 0 unspecified atom stereocenters. The van der Waals surface area contributed by atoms with E-state index in [0.717, 1.165) is 0 Å². The van der Waals surface area contributed by atoms with Gasteiger partial charge in [-0.1, -0.05) is 0 Å². The van der Waals surface area contributed by atoms with Crippen LogP contribution in [0.5, 0.6) is 0 Å². The second kappa shape index (κ2) is 4.59. The Balaban J connectivity index is 4.55. The molecule has 0 saturated heterocycles. The summed E-state index contributed by atoms with van der Waals surface area (Å²) in [6.45, 7) is 10.8. The van der Waals surface area contributed by atoms with Crippen molar-refractivity contribution in [3.63, 3.8) is 0 Å². The van der Waals surface area contributed by atoms with Crippen molar-refractivity contribution in [2.24, 2.45) is 0 Å². The van der Waals surface area contributed by atoms with Crippen LogP contribution in [0.1, 0.15) is 13.8 Å². The minimum absolute atomic E-state index is 0.255. The summed E-state index contributed by atoms with van der Waals surface area (Å²) in [6, 6.07) is 0. The van der Waals surface area contributed by atoms with E-state index in [2.05, 4.69) is 58.2 Å². The van der Waals surface area contributed by atoms with E-state index in [0.29, 0.717) is 0 Å². The average molecular weight is 319 g/mol. The van der Waals surface area contributed by atoms with Gasteiger partial charge >= 0.3 is 94.9 Å². The molecule has 0 amide bonds. The third-order valence-corrected chi connectivity index (χ3v) is 4.92. The maximum atomic E-state index is 6.02. The van der Waals surface area contributed by atoms with Gasteiger partial charge < -0.3 is 0 Å². The summed E-state index contributed by atoms with van der Waals surface area (Å²) >= 11 is -1.95. The molecule has 0 heterocycles. The molecule has 0 spiro atoms. The Morgan fingerprint density at radius 3 is 1.79 bits per heavy atom. The van der Waals surface area contributed by atoms with Crippen molar-refractivity contribution in [1.82, 2.24) is 0 Å². The normalized spacial score (nSPS) is 13.4. The SMILES string of the molecule is CC(C)(C#[C][Sn]([CH3])([CH3])[CH3])O[Si](C)(C)C. The molecule has 0 bridgehead atoms. The monoisotopic (exact) mass is 320 g/mol. The Labute approximate surface area is 94.6 Å². The van der Waals surface area contributed by atoms with Crippen molar-refractivity contribution in [3.8, 4) is 9.86 Å². The molecular weight excluding hydrogens is 295 g/mol. The summed E-state index contributed by atoms with van der Waals surface area (Å²) in [4.78, 5) is 6.98. The van der Waals surface area contributed by atoms with Crippen LogP contribution in [-0.4, -0.2) is 32.3 Å². The summed E-state index contributed by atoms with van der Waals surface area (Å²) in [5, 5.41) is 0. The van der Waals surface area contributed by atoms with Crippen LogP contribution in [0.15, 0.2) is 0 Å². The zero-order valence-corrected chi connectivity index (χ0v) is 14.8. The summed E-state index contributed by atoms with van der Waals surface area (Å²) < 4.78 is 9.46. The van der Waals surface area contributed by atoms with Crippen LogP contribution in [0.2, 0.25) is 34.5 Å². The van der Waals surface area contributed by atoms with E-state index < -0.39 is 26.7 Å². The van der Waals surface area contributed by atoms with Crippen LogP contribution in [0, 0.1) is 9.86 Å². The van der Waals surface area contributed by atoms with Crippen molar-refractivity contribution >= 4 is 26.7 Å². The van der Waals surface area contributed by atoms with Crippen LogP contribution >= 0.6 is 0 Å². The van der Waals surface area contributed by atoms with Gasteiger partial charge in [-0.05, 0) is 0 Å². The Morgan fingerprint density at radius 2 is 1.50 bits per heavy atom. The molecule has 3 heteroatoms. The summed E-state index contributed by atoms with van der Waals surface area (Å²) in [6.07, 6.45) is 0. The maximum absolute atomic E-state index is 6.02. The molecule has 0 aromatic carbocycles. The van der Waals surface area contributed by atoms with Crippen molar-refractivity contribution in [2.75, 3.05) is 0 Å². The van der Waals surface area contributed by atoms with Gasteiger partial charge in [0.05, 0.1) is 0 Å². The Hall–Kier alpha value is 0.536. The zero-order valence-electron chi connectivity index (χ0n) is 10.9. The fraction of sp³-hybridized carbons (Fsp3) is 0.818. The fourth-order valence-corrected chi connectivity index (χ4v) is 4.64. The molecule has 82 valence electrons. The van der Waals surface area contributed by atoms with E-state index in [1.165, 1.54) is 0 Å². The van der Waals surface area contributed by atoms with Crippen molar-refractivity contribution in [3.05, 3.63) is 0 Å². The fourth-order valence-electron chi connectivity index (χ4n) is 1.13. The van der Waals surface area contributed by atoms with E-state index in [-0.39, 0.29) is 5.60 Å². The second-order valence-electron chi connectivity index (χ2n) is 6.22. The van der Waals surface area contributed by atoms with Crippen LogP contribution in [0.3, 0.4) is 0 Å². The van der Waals surface area contributed by atoms with Gasteiger partial charge in [0.15, 0.2) is 0 Å². The summed E-state index contributed by atoms with van der Waals surface area (Å²) in [5.74, 6) is 3.31. The van der Waals surface area contributed by atoms with Crippen molar-refractivity contribution < 1.29 is 4.43 Å². The Bertz CT molecular complexity index is 247. The predicted molar refractivity (Wildman–Crippen MR) is 69.6 cm³/mol. The van der Waals surface area contributed by atoms with Gasteiger partial charge in [0.2, 0.25) is 0 Å². The van der Waals surface area contributed by atoms with Crippen molar-refractivity contribution in [2.45, 2.75) is 53.9 Å². The van der Waals surface area contributed by atoms with Crippen LogP contribution < -0.4 is 0 Å². The first-order chi connectivity index (χ1) is 5.91. The van der Waals surface area contributed by atoms with E-state index in [1.807, 2.05) is 0 Å². The number of hydrogen-bond donors (Lipinski definition) is 0. The quantitative estimate of drug-likeness (QED) is 0.559. The molecular formula is C11H24OSiSn. The Kier molecular flexibility index (Phi) is 4.76. The predicted octanol–water partition coefficient (Wildman–Crippen LogP) is 3.50. The third kappa shape index (κ3) is 9.10. The molecule has 0 N–H and O–H groups in total. The molecule has 0 saturated carbocycles. The summed E-state index contributed by atoms with van der Waals surface area (Å²) in [5.41, 5.74) is -0.255. The van der Waals surface area contributed by atoms with E-state index in [1.54, 1.807) is 0 Å². The molecule has 0 aromatic rings. The average Bonchev–Trinajstić information content (AvgIpc) is 1.76. The molecule has 1 nitrogen and oxygen atoms in total. The minimum atomic E-state index is -1.95. The molecule has 14 heavy (non-hydrogen) atoms. The van der Waals surface area contributed by atoms with Gasteiger partial charge in [0.1, 0.15) is 0 Å². The molecule has 0 aliphatic carbocycles.